The second kappa shape index (κ2) is 19.8. The summed E-state index contributed by atoms with van der Waals surface area (Å²) in [6.45, 7) is -1.20. The lowest BCUT2D eigenvalue weighted by molar-refractivity contribution is 0.487. The van der Waals surface area contributed by atoms with Crippen LogP contribution in [0.4, 0.5) is 51.2 Å². The molecule has 92 heavy (non-hydrogen) atoms. The first-order chi connectivity index (χ1) is 52.3. The summed E-state index contributed by atoms with van der Waals surface area (Å²) in [7, 11) is 0. The van der Waals surface area contributed by atoms with Gasteiger partial charge in [-0.1, -0.05) is 230 Å². The zero-order valence-corrected chi connectivity index (χ0v) is 48.7. The summed E-state index contributed by atoms with van der Waals surface area (Å²) in [5, 5.41) is -0.287. The van der Waals surface area contributed by atoms with Crippen LogP contribution in [0.25, 0.3) is 77.2 Å². The van der Waals surface area contributed by atoms with E-state index < -0.39 is 110 Å². The number of nitrogens with zero attached hydrogens (tertiary/aromatic N) is 5. The van der Waals surface area contributed by atoms with Crippen molar-refractivity contribution in [3.05, 3.63) is 321 Å². The Morgan fingerprint density at radius 2 is 0.685 bits per heavy atom. The zero-order valence-electron chi connectivity index (χ0n) is 64.7. The van der Waals surface area contributed by atoms with E-state index in [-0.39, 0.29) is 49.3 Å². The maximum absolute atomic E-state index is 9.87. The minimum absolute atomic E-state index is 0.0494. The second-order valence-corrected chi connectivity index (χ2v) is 23.5. The van der Waals surface area contributed by atoms with Crippen molar-refractivity contribution in [2.75, 3.05) is 14.7 Å². The summed E-state index contributed by atoms with van der Waals surface area (Å²) < 4.78 is 161. The van der Waals surface area contributed by atoms with Crippen LogP contribution in [0, 0.1) is 0 Å². The smallest absolute Gasteiger partial charge is 0.256 e. The van der Waals surface area contributed by atoms with Gasteiger partial charge in [0.25, 0.3) is 13.4 Å². The Balaban J connectivity index is 0.951. The van der Waals surface area contributed by atoms with E-state index in [2.05, 4.69) is 87.5 Å². The van der Waals surface area contributed by atoms with Crippen LogP contribution in [0.1, 0.15) is 21.9 Å². The summed E-state index contributed by atoms with van der Waals surface area (Å²) in [6, 6.07) is 66.5. The Labute approximate surface area is 555 Å². The number of fused-ring (bicyclic) bond motifs is 14. The van der Waals surface area contributed by atoms with E-state index in [9.17, 15) is 13.7 Å². The highest BCUT2D eigenvalue weighted by Gasteiger charge is 2.48. The third-order valence-corrected chi connectivity index (χ3v) is 18.8. The zero-order chi connectivity index (χ0) is 74.0. The highest BCUT2D eigenvalue weighted by Crippen LogP contribution is 2.53. The molecule has 0 unspecified atom stereocenters. The first kappa shape index (κ1) is 37.8. The van der Waals surface area contributed by atoms with E-state index in [1.165, 1.54) is 4.57 Å². The molecule has 4 aliphatic heterocycles. The normalized spacial score (nSPS) is 15.6. The van der Waals surface area contributed by atoms with Crippen molar-refractivity contribution in [1.82, 2.24) is 9.13 Å². The van der Waals surface area contributed by atoms with E-state index in [1.807, 2.05) is 146 Å². The molecule has 426 valence electrons. The van der Waals surface area contributed by atoms with Crippen LogP contribution >= 0.6 is 0 Å². The maximum Gasteiger partial charge on any atom is 0.256 e. The Bertz CT molecular complexity index is 6510. The molecular formula is C84H53B2N5O. The van der Waals surface area contributed by atoms with Gasteiger partial charge in [0.05, 0.1) is 61.1 Å². The topological polar surface area (TPSA) is 28.8 Å². The number of aromatic nitrogens is 2. The fourth-order valence-corrected chi connectivity index (χ4v) is 15.2. The van der Waals surface area contributed by atoms with Crippen LogP contribution in [0.2, 0.25) is 0 Å². The first-order valence-electron chi connectivity index (χ1n) is 38.5. The third kappa shape index (κ3) is 7.28. The molecule has 0 bridgehead atoms. The summed E-state index contributed by atoms with van der Waals surface area (Å²) in [6.07, 6.45) is 0. The molecule has 6 nitrogen and oxygen atoms in total. The van der Waals surface area contributed by atoms with Crippen LogP contribution < -0.4 is 52.2 Å². The lowest BCUT2D eigenvalue weighted by Gasteiger charge is -2.46. The fourth-order valence-electron chi connectivity index (χ4n) is 15.2. The second-order valence-electron chi connectivity index (χ2n) is 23.5. The first-order valence-corrected chi connectivity index (χ1v) is 30.5. The number of hydrogen-bond acceptors (Lipinski definition) is 4. The molecule has 0 spiro atoms. The van der Waals surface area contributed by atoms with Gasteiger partial charge in [0.15, 0.2) is 0 Å². The predicted octanol–water partition coefficient (Wildman–Crippen LogP) is 17.7. The summed E-state index contributed by atoms with van der Waals surface area (Å²) in [5.41, 5.74) is 15.4. The highest BCUT2D eigenvalue weighted by atomic mass is 16.5. The van der Waals surface area contributed by atoms with Gasteiger partial charge in [0, 0.05) is 90.3 Å². The van der Waals surface area contributed by atoms with Crippen molar-refractivity contribution in [3.63, 3.8) is 0 Å². The molecule has 2 aromatic heterocycles. The molecule has 20 rings (SSSR count). The molecule has 6 heterocycles. The minimum atomic E-state index is -0.605. The minimum Gasteiger partial charge on any atom is -0.458 e. The van der Waals surface area contributed by atoms with E-state index in [0.29, 0.717) is 39.9 Å². The molecule has 0 N–H and O–H groups in total. The average molecular weight is 1190 g/mol. The Kier molecular flexibility index (Phi) is 8.11. The van der Waals surface area contributed by atoms with Gasteiger partial charge in [0.1, 0.15) is 11.5 Å². The number of rotatable bonds is 7. The number of benzene rings is 14. The lowest BCUT2D eigenvalue weighted by atomic mass is 9.30. The van der Waals surface area contributed by atoms with Crippen molar-refractivity contribution >= 4 is 141 Å². The predicted molar refractivity (Wildman–Crippen MR) is 386 cm³/mol. The van der Waals surface area contributed by atoms with Crippen LogP contribution in [-0.4, -0.2) is 22.6 Å². The van der Waals surface area contributed by atoms with Gasteiger partial charge >= 0.3 is 0 Å². The van der Waals surface area contributed by atoms with E-state index in [1.54, 1.807) is 10.6 Å². The quantitative estimate of drug-likeness (QED) is 0.149. The standard InChI is InChI=1S/C84H53B2N5O/c1-5-26-54(27-6-1)60-38-25-39-61(55-28-7-2-8-29-55)84(60)91-76-53-80-69(86-67-41-18-24-47-75(67)88(57-32-11-4-12-33-57)79-50-59(51-81(92-80)83(79)86)90-72-44-21-15-36-64(72)65-37-16-22-45-73(65)90)52-68(76)85-66-40-17-23-46-74(66)87(56-30-9-3-10-31-56)77-48-58(49-78(91)82(77)85)89-70-42-19-13-34-62(70)63-35-14-20-43-71(63)89/h1-53H/i13D,14D,15D,16D,19D,20D,21D,22D,34D,35D,36D,37D,42D,43D,44D,45D. The molecule has 0 radical (unpaired) electrons. The van der Waals surface area contributed by atoms with Crippen LogP contribution in [0.5, 0.6) is 11.5 Å². The molecule has 4 aliphatic rings. The molecule has 16 aromatic rings. The molecule has 8 heteroatoms. The lowest BCUT2D eigenvalue weighted by Crippen LogP contribution is -2.64. The van der Waals surface area contributed by atoms with Gasteiger partial charge in [-0.15, -0.1) is 0 Å². The molecule has 0 atom stereocenters. The molecule has 0 amide bonds. The number of para-hydroxylation sites is 9. The number of anilines is 9. The maximum atomic E-state index is 9.87. The van der Waals surface area contributed by atoms with Gasteiger partial charge in [-0.05, 0) is 123 Å². The molecule has 0 fully saturated rings. The summed E-state index contributed by atoms with van der Waals surface area (Å²) in [4.78, 5) is 6.58. The van der Waals surface area contributed by atoms with Crippen molar-refractivity contribution in [3.8, 4) is 45.1 Å². The van der Waals surface area contributed by atoms with Crippen molar-refractivity contribution < 1.29 is 26.7 Å². The summed E-state index contributed by atoms with van der Waals surface area (Å²) in [5.74, 6) is 0.770. The van der Waals surface area contributed by atoms with Crippen molar-refractivity contribution in [2.45, 2.75) is 0 Å². The van der Waals surface area contributed by atoms with Gasteiger partial charge < -0.3 is 28.6 Å². The van der Waals surface area contributed by atoms with Gasteiger partial charge in [-0.25, -0.2) is 0 Å². The third-order valence-electron chi connectivity index (χ3n) is 18.8. The van der Waals surface area contributed by atoms with Crippen molar-refractivity contribution in [2.24, 2.45) is 0 Å². The Morgan fingerprint density at radius 3 is 1.17 bits per heavy atom. The molecule has 0 saturated heterocycles. The molecule has 0 aliphatic carbocycles. The van der Waals surface area contributed by atoms with Gasteiger partial charge in [-0.2, -0.15) is 0 Å². The average Bonchev–Trinajstić information content (AvgIpc) is 0.966. The van der Waals surface area contributed by atoms with Crippen LogP contribution in [0.15, 0.2) is 321 Å². The summed E-state index contributed by atoms with van der Waals surface area (Å²) >= 11 is 0. The van der Waals surface area contributed by atoms with E-state index >= 15 is 0 Å². The fraction of sp³-hybridized carbons (Fsp3) is 0. The van der Waals surface area contributed by atoms with E-state index in [0.717, 1.165) is 83.5 Å². The number of hydrogen-bond donors (Lipinski definition) is 0. The van der Waals surface area contributed by atoms with E-state index in [4.69, 9.17) is 13.0 Å². The van der Waals surface area contributed by atoms with Gasteiger partial charge in [-0.3, -0.25) is 0 Å². The van der Waals surface area contributed by atoms with Crippen LogP contribution in [0.3, 0.4) is 0 Å². The highest BCUT2D eigenvalue weighted by molar-refractivity contribution is 7.02. The SMILES string of the molecule is [2H]c1c([2H])c([2H])c2c(c1[2H])c1c([2H])c([2H])c([2H])c([2H])c1n2-c1cc2c3c(c1)N(c1ccccc1)c1ccccc1B3c1cc3c(cc1O2)N(c1c(-c2ccccc2)cccc1-c1ccccc1)c1cc(-n2c4c([2H])c([2H])c([2H])c([2H])c4c4c([2H])c([2H])c([2H])c([2H])c42)cc2c1B3c1ccccc1N2c1ccccc1. The molecule has 0 saturated carbocycles. The Morgan fingerprint density at radius 1 is 0.283 bits per heavy atom. The number of ether oxygens (including phenoxy) is 1. The molecule has 14 aromatic carbocycles. The van der Waals surface area contributed by atoms with Crippen LogP contribution in [-0.2, 0) is 0 Å². The largest absolute Gasteiger partial charge is 0.458 e. The molecular weight excluding hydrogens is 1120 g/mol. The Hall–Kier alpha value is -12.0. The van der Waals surface area contributed by atoms with Crippen molar-refractivity contribution in [1.29, 1.82) is 0 Å². The van der Waals surface area contributed by atoms with Gasteiger partial charge in [0.2, 0.25) is 0 Å². The monoisotopic (exact) mass is 1190 g/mol.